The zero-order chi connectivity index (χ0) is 35.4. The van der Waals surface area contributed by atoms with Crippen molar-refractivity contribution in [1.29, 1.82) is 0 Å². The summed E-state index contributed by atoms with van der Waals surface area (Å²) in [5, 5.41) is 28.6. The van der Waals surface area contributed by atoms with Crippen molar-refractivity contribution in [3.63, 3.8) is 0 Å². The van der Waals surface area contributed by atoms with Crippen molar-refractivity contribution in [2.75, 3.05) is 13.2 Å². The number of aliphatic hydroxyl groups is 2. The van der Waals surface area contributed by atoms with Crippen LogP contribution < -0.4 is 16.4 Å². The molecule has 1 aliphatic rings. The molecule has 0 spiro atoms. The first kappa shape index (κ1) is 38.2. The molecule has 1 unspecified atom stereocenters. The van der Waals surface area contributed by atoms with Gasteiger partial charge in [0.25, 0.3) is 0 Å². The Morgan fingerprint density at radius 2 is 1.69 bits per heavy atom. The third-order valence-electron chi connectivity index (χ3n) is 9.12. The summed E-state index contributed by atoms with van der Waals surface area (Å²) >= 11 is 6.33. The van der Waals surface area contributed by atoms with Gasteiger partial charge >= 0.3 is 0 Å². The van der Waals surface area contributed by atoms with E-state index in [2.05, 4.69) is 10.6 Å². The monoisotopic (exact) mass is 690 g/mol. The molecule has 0 aromatic heterocycles. The first-order valence-corrected chi connectivity index (χ1v) is 17.4. The summed E-state index contributed by atoms with van der Waals surface area (Å²) in [4.78, 5) is 28.7. The lowest BCUT2D eigenvalue weighted by Gasteiger charge is -2.36. The highest BCUT2D eigenvalue weighted by Crippen LogP contribution is 2.31. The zero-order valence-electron chi connectivity index (χ0n) is 28.7. The highest BCUT2D eigenvalue weighted by molar-refractivity contribution is 6.30. The molecule has 0 radical (unpaired) electrons. The topological polar surface area (TPSA) is 137 Å². The highest BCUT2D eigenvalue weighted by atomic mass is 35.5. The molecule has 0 saturated carbocycles. The van der Waals surface area contributed by atoms with E-state index in [0.29, 0.717) is 24.4 Å². The van der Waals surface area contributed by atoms with Crippen LogP contribution in [-0.2, 0) is 33.8 Å². The summed E-state index contributed by atoms with van der Waals surface area (Å²) in [7, 11) is 0. The number of ether oxygens (including phenoxy) is 1. The molecule has 7 atom stereocenters. The van der Waals surface area contributed by atoms with Crippen LogP contribution in [-0.4, -0.2) is 76.6 Å². The molecule has 1 saturated heterocycles. The number of carbonyl (C=O) groups excluding carboxylic acids is 2. The Hall–Kier alpha value is -3.57. The van der Waals surface area contributed by atoms with Gasteiger partial charge in [-0.3, -0.25) is 14.9 Å². The summed E-state index contributed by atoms with van der Waals surface area (Å²) in [6.07, 6.45) is 4.76. The molecule has 1 fully saturated rings. The molecule has 0 bridgehead atoms. The molecule has 4 rings (SSSR count). The van der Waals surface area contributed by atoms with Gasteiger partial charge in [-0.25, -0.2) is 0 Å². The van der Waals surface area contributed by atoms with Crippen LogP contribution in [0.25, 0.3) is 0 Å². The van der Waals surface area contributed by atoms with Gasteiger partial charge in [0, 0.05) is 23.0 Å². The Labute approximate surface area is 295 Å². The van der Waals surface area contributed by atoms with E-state index in [1.54, 1.807) is 18.7 Å². The SMILES string of the molecule is C[C@H](N)C(=O)N[C@H](C(=O)N1CCC[C@H]1C=C[C@@](C)(Cc1cccc(Cl)c1)C(O)N[C@H](CO)Cc1ccccc1)[C@@H](C)OCc1ccccc1. The Morgan fingerprint density at radius 3 is 2.33 bits per heavy atom. The second-order valence-corrected chi connectivity index (χ2v) is 13.8. The van der Waals surface area contributed by atoms with Crippen LogP contribution in [0.5, 0.6) is 0 Å². The molecule has 2 amide bonds. The number of aliphatic hydroxyl groups excluding tert-OH is 2. The number of carbonyl (C=O) groups is 2. The molecule has 1 aliphatic heterocycles. The Balaban J connectivity index is 1.56. The maximum absolute atomic E-state index is 14.2. The average Bonchev–Trinajstić information content (AvgIpc) is 3.57. The molecular weight excluding hydrogens is 640 g/mol. The second kappa shape index (κ2) is 18.4. The van der Waals surface area contributed by atoms with E-state index < -0.39 is 35.7 Å². The maximum atomic E-state index is 14.2. The van der Waals surface area contributed by atoms with Gasteiger partial charge in [0.05, 0.1) is 31.4 Å². The van der Waals surface area contributed by atoms with Gasteiger partial charge in [-0.2, -0.15) is 0 Å². The first-order valence-electron chi connectivity index (χ1n) is 17.0. The lowest BCUT2D eigenvalue weighted by atomic mass is 9.80. The van der Waals surface area contributed by atoms with Crippen molar-refractivity contribution in [2.24, 2.45) is 11.1 Å². The van der Waals surface area contributed by atoms with Crippen LogP contribution >= 0.6 is 11.6 Å². The van der Waals surface area contributed by atoms with E-state index in [4.69, 9.17) is 22.1 Å². The lowest BCUT2D eigenvalue weighted by Crippen LogP contribution is -2.57. The molecule has 0 aliphatic carbocycles. The fourth-order valence-corrected chi connectivity index (χ4v) is 6.37. The molecule has 3 aromatic rings. The number of rotatable bonds is 17. The van der Waals surface area contributed by atoms with Gasteiger partial charge in [-0.05, 0) is 68.4 Å². The summed E-state index contributed by atoms with van der Waals surface area (Å²) in [5.74, 6) is -0.683. The molecule has 10 heteroatoms. The smallest absolute Gasteiger partial charge is 0.248 e. The quantitative estimate of drug-likeness (QED) is 0.105. The molecule has 3 aromatic carbocycles. The molecular formula is C39H51ClN4O5. The minimum atomic E-state index is -1.04. The molecule has 264 valence electrons. The van der Waals surface area contributed by atoms with Crippen molar-refractivity contribution in [3.05, 3.63) is 119 Å². The van der Waals surface area contributed by atoms with Crippen molar-refractivity contribution in [3.8, 4) is 0 Å². The van der Waals surface area contributed by atoms with E-state index >= 15 is 0 Å². The number of halogens is 1. The fourth-order valence-electron chi connectivity index (χ4n) is 6.16. The summed E-state index contributed by atoms with van der Waals surface area (Å²) < 4.78 is 6.11. The van der Waals surface area contributed by atoms with Crippen LogP contribution in [0, 0.1) is 5.41 Å². The van der Waals surface area contributed by atoms with Crippen molar-refractivity contribution >= 4 is 23.4 Å². The van der Waals surface area contributed by atoms with Crippen molar-refractivity contribution in [1.82, 2.24) is 15.5 Å². The maximum Gasteiger partial charge on any atom is 0.248 e. The number of hydrogen-bond acceptors (Lipinski definition) is 7. The van der Waals surface area contributed by atoms with Gasteiger partial charge in [0.15, 0.2) is 0 Å². The van der Waals surface area contributed by atoms with Crippen molar-refractivity contribution in [2.45, 2.75) is 89.6 Å². The summed E-state index contributed by atoms with van der Waals surface area (Å²) in [6.45, 7) is 5.95. The first-order chi connectivity index (χ1) is 23.5. The van der Waals surface area contributed by atoms with E-state index in [0.717, 1.165) is 29.5 Å². The number of amides is 2. The largest absolute Gasteiger partial charge is 0.395 e. The normalized spacial score (nSPS) is 19.2. The predicted molar refractivity (Wildman–Crippen MR) is 194 cm³/mol. The van der Waals surface area contributed by atoms with Gasteiger partial charge in [-0.15, -0.1) is 0 Å². The van der Waals surface area contributed by atoms with Gasteiger partial charge in [-0.1, -0.05) is 103 Å². The predicted octanol–water partition coefficient (Wildman–Crippen LogP) is 4.38. The zero-order valence-corrected chi connectivity index (χ0v) is 29.4. The van der Waals surface area contributed by atoms with Crippen LogP contribution in [0.1, 0.15) is 50.3 Å². The lowest BCUT2D eigenvalue weighted by molar-refractivity contribution is -0.141. The minimum Gasteiger partial charge on any atom is -0.395 e. The van der Waals surface area contributed by atoms with Gasteiger partial charge < -0.3 is 30.9 Å². The van der Waals surface area contributed by atoms with Gasteiger partial charge in [0.2, 0.25) is 11.8 Å². The third kappa shape index (κ3) is 11.2. The summed E-state index contributed by atoms with van der Waals surface area (Å²) in [5.41, 5.74) is 7.96. The number of likely N-dealkylation sites (tertiary alicyclic amines) is 1. The number of benzene rings is 3. The number of nitrogens with zero attached hydrogens (tertiary/aromatic N) is 1. The molecule has 9 nitrogen and oxygen atoms in total. The van der Waals surface area contributed by atoms with E-state index in [1.165, 1.54) is 0 Å². The fraction of sp³-hybridized carbons (Fsp3) is 0.436. The number of nitrogens with two attached hydrogens (primary N) is 1. The van der Waals surface area contributed by atoms with Crippen LogP contribution in [0.2, 0.25) is 5.02 Å². The standard InChI is InChI=1S/C39H51ClN4O5/c1-27(41)36(46)43-35(28(2)49-26-30-14-8-5-9-15-30)37(47)44-21-11-18-34(44)19-20-39(3,24-31-16-10-17-32(40)22-31)38(48)42-33(25-45)23-29-12-6-4-7-13-29/h4-10,12-17,19-20,22,27-28,33-35,38,42,45,48H,11,18,21,23-26,41H2,1-3H3,(H,43,46)/t27-,28+,33-,34-,35-,38?,39-/m0/s1. The van der Waals surface area contributed by atoms with Gasteiger partial charge in [0.1, 0.15) is 12.3 Å². The van der Waals surface area contributed by atoms with Crippen LogP contribution in [0.15, 0.2) is 97.1 Å². The Kier molecular flexibility index (Phi) is 14.4. The molecule has 6 N–H and O–H groups in total. The molecule has 1 heterocycles. The minimum absolute atomic E-state index is 0.160. The van der Waals surface area contributed by atoms with E-state index in [-0.39, 0.29) is 31.2 Å². The Bertz CT molecular complexity index is 1510. The highest BCUT2D eigenvalue weighted by Gasteiger charge is 2.38. The van der Waals surface area contributed by atoms with Crippen molar-refractivity contribution < 1.29 is 24.5 Å². The summed E-state index contributed by atoms with van der Waals surface area (Å²) in [6, 6.07) is 24.6. The van der Waals surface area contributed by atoms with Crippen LogP contribution in [0.4, 0.5) is 0 Å². The van der Waals surface area contributed by atoms with E-state index in [1.807, 2.05) is 104 Å². The van der Waals surface area contributed by atoms with E-state index in [9.17, 15) is 19.8 Å². The number of nitrogens with one attached hydrogen (secondary N) is 2. The molecule has 49 heavy (non-hydrogen) atoms. The third-order valence-corrected chi connectivity index (χ3v) is 9.36. The average molecular weight is 691 g/mol. The number of hydrogen-bond donors (Lipinski definition) is 5. The van der Waals surface area contributed by atoms with Crippen LogP contribution in [0.3, 0.4) is 0 Å². The second-order valence-electron chi connectivity index (χ2n) is 13.3. The Morgan fingerprint density at radius 1 is 1.04 bits per heavy atom.